The Morgan fingerprint density at radius 1 is 0.828 bits per heavy atom. The maximum atomic E-state index is 5.72. The molecule has 1 saturated carbocycles. The Balaban J connectivity index is 1.50. The molecule has 0 N–H and O–H groups in total. The van der Waals surface area contributed by atoms with Crippen LogP contribution in [0.5, 0.6) is 0 Å². The third kappa shape index (κ3) is 6.85. The zero-order valence-electron chi connectivity index (χ0n) is 18.4. The second-order valence-electron chi connectivity index (χ2n) is 8.56. The molecular weight excluding hydrogens is 352 g/mol. The van der Waals surface area contributed by atoms with E-state index in [0.29, 0.717) is 0 Å². The van der Waals surface area contributed by atoms with Gasteiger partial charge in [0.25, 0.3) is 0 Å². The number of unbranched alkanes of at least 4 members (excludes halogenated alkanes) is 1. The Morgan fingerprint density at radius 3 is 2.10 bits per heavy atom. The number of allylic oxidation sites excluding steroid dienone is 2. The van der Waals surface area contributed by atoms with E-state index in [9.17, 15) is 0 Å². The maximum Gasteiger partial charge on any atom is 0.0716 e. The first-order chi connectivity index (χ1) is 14.3. The van der Waals surface area contributed by atoms with Gasteiger partial charge in [-0.2, -0.15) is 0 Å². The Kier molecular flexibility index (Phi) is 9.02. The largest absolute Gasteiger partial charge is 0.377 e. The normalized spacial score (nSPS) is 19.7. The van der Waals surface area contributed by atoms with Gasteiger partial charge in [0.15, 0.2) is 0 Å². The van der Waals surface area contributed by atoms with E-state index in [1.54, 1.807) is 0 Å². The minimum Gasteiger partial charge on any atom is -0.377 e. The highest BCUT2D eigenvalue weighted by Crippen LogP contribution is 2.37. The Hall–Kier alpha value is -1.86. The lowest BCUT2D eigenvalue weighted by Gasteiger charge is -2.28. The van der Waals surface area contributed by atoms with E-state index in [0.717, 1.165) is 37.9 Å². The molecule has 1 aliphatic carbocycles. The Labute approximate surface area is 178 Å². The van der Waals surface area contributed by atoms with Crippen molar-refractivity contribution < 1.29 is 4.74 Å². The molecule has 0 bridgehead atoms. The highest BCUT2D eigenvalue weighted by Gasteiger charge is 2.21. The van der Waals surface area contributed by atoms with Crippen LogP contribution in [0.15, 0.2) is 60.7 Å². The molecule has 156 valence electrons. The lowest BCUT2D eigenvalue weighted by Crippen LogP contribution is -2.12. The number of rotatable bonds is 10. The van der Waals surface area contributed by atoms with E-state index in [4.69, 9.17) is 4.74 Å². The van der Waals surface area contributed by atoms with Crippen LogP contribution in [0, 0.1) is 5.92 Å². The van der Waals surface area contributed by atoms with E-state index in [2.05, 4.69) is 74.5 Å². The minimum atomic E-state index is 0.718. The fraction of sp³-hybridized carbons (Fsp3) is 0.500. The Morgan fingerprint density at radius 2 is 1.48 bits per heavy atom. The summed E-state index contributed by atoms with van der Waals surface area (Å²) in [4.78, 5) is 0. The van der Waals surface area contributed by atoms with Crippen molar-refractivity contribution >= 4 is 0 Å². The fourth-order valence-corrected chi connectivity index (χ4v) is 4.36. The molecule has 1 fully saturated rings. The monoisotopic (exact) mass is 390 g/mol. The topological polar surface area (TPSA) is 9.23 Å². The highest BCUT2D eigenvalue weighted by molar-refractivity contribution is 5.64. The molecule has 0 amide bonds. The molecule has 0 unspecified atom stereocenters. The Bertz CT molecular complexity index is 718. The van der Waals surface area contributed by atoms with Gasteiger partial charge >= 0.3 is 0 Å². The summed E-state index contributed by atoms with van der Waals surface area (Å²) in [5, 5.41) is 0. The van der Waals surface area contributed by atoms with Gasteiger partial charge in [-0.25, -0.2) is 0 Å². The van der Waals surface area contributed by atoms with Crippen LogP contribution in [0.2, 0.25) is 0 Å². The van der Waals surface area contributed by atoms with E-state index < -0.39 is 0 Å². The van der Waals surface area contributed by atoms with Gasteiger partial charge in [0.1, 0.15) is 0 Å². The summed E-state index contributed by atoms with van der Waals surface area (Å²) < 4.78 is 5.72. The molecule has 0 heterocycles. The van der Waals surface area contributed by atoms with Crippen LogP contribution in [0.3, 0.4) is 0 Å². The highest BCUT2D eigenvalue weighted by atomic mass is 16.5. The molecule has 0 radical (unpaired) electrons. The van der Waals surface area contributed by atoms with Crippen molar-refractivity contribution in [2.75, 3.05) is 6.61 Å². The predicted molar refractivity (Wildman–Crippen MR) is 125 cm³/mol. The molecule has 1 heteroatoms. The van der Waals surface area contributed by atoms with E-state index in [-0.39, 0.29) is 0 Å². The van der Waals surface area contributed by atoms with Crippen LogP contribution < -0.4 is 0 Å². The van der Waals surface area contributed by atoms with E-state index in [1.807, 2.05) is 0 Å². The van der Waals surface area contributed by atoms with Crippen molar-refractivity contribution in [1.29, 1.82) is 0 Å². The van der Waals surface area contributed by atoms with Crippen molar-refractivity contribution in [3.63, 3.8) is 0 Å². The first kappa shape index (κ1) is 21.8. The molecule has 0 saturated heterocycles. The summed E-state index contributed by atoms with van der Waals surface area (Å²) in [6.45, 7) is 5.99. The summed E-state index contributed by atoms with van der Waals surface area (Å²) in [5.41, 5.74) is 5.38. The summed E-state index contributed by atoms with van der Waals surface area (Å²) in [6, 6.07) is 18.2. The number of ether oxygens (including phenoxy) is 1. The second kappa shape index (κ2) is 12.0. The van der Waals surface area contributed by atoms with Gasteiger partial charge in [0.05, 0.1) is 6.61 Å². The van der Waals surface area contributed by atoms with Crippen LogP contribution in [0.1, 0.15) is 82.3 Å². The fourth-order valence-electron chi connectivity index (χ4n) is 4.36. The lowest BCUT2D eigenvalue weighted by molar-refractivity contribution is 0.118. The molecule has 0 aromatic heterocycles. The third-order valence-corrected chi connectivity index (χ3v) is 6.30. The molecule has 2 aromatic rings. The van der Waals surface area contributed by atoms with Crippen molar-refractivity contribution in [1.82, 2.24) is 0 Å². The van der Waals surface area contributed by atoms with Crippen molar-refractivity contribution in [3.8, 4) is 11.1 Å². The molecule has 3 rings (SSSR count). The van der Waals surface area contributed by atoms with Crippen LogP contribution in [0.4, 0.5) is 0 Å². The zero-order valence-corrected chi connectivity index (χ0v) is 18.4. The average molecular weight is 391 g/mol. The van der Waals surface area contributed by atoms with Crippen LogP contribution in [-0.2, 0) is 11.3 Å². The number of hydrogen-bond donors (Lipinski definition) is 0. The third-order valence-electron chi connectivity index (χ3n) is 6.30. The van der Waals surface area contributed by atoms with Gasteiger partial charge in [-0.3, -0.25) is 0 Å². The first-order valence-corrected chi connectivity index (χ1v) is 11.7. The smallest absolute Gasteiger partial charge is 0.0716 e. The quantitative estimate of drug-likeness (QED) is 0.293. The van der Waals surface area contributed by atoms with Gasteiger partial charge in [-0.1, -0.05) is 81.0 Å². The van der Waals surface area contributed by atoms with E-state index >= 15 is 0 Å². The number of benzene rings is 2. The molecular formula is C28H38O. The van der Waals surface area contributed by atoms with Crippen molar-refractivity contribution in [2.45, 2.75) is 77.7 Å². The summed E-state index contributed by atoms with van der Waals surface area (Å²) in [5.74, 6) is 1.65. The van der Waals surface area contributed by atoms with Crippen LogP contribution in [0.25, 0.3) is 11.1 Å². The van der Waals surface area contributed by atoms with Crippen molar-refractivity contribution in [2.24, 2.45) is 5.92 Å². The average Bonchev–Trinajstić information content (AvgIpc) is 2.78. The minimum absolute atomic E-state index is 0.718. The van der Waals surface area contributed by atoms with Gasteiger partial charge < -0.3 is 4.74 Å². The summed E-state index contributed by atoms with van der Waals surface area (Å²) in [6.07, 6.45) is 14.9. The molecule has 29 heavy (non-hydrogen) atoms. The second-order valence-corrected chi connectivity index (χ2v) is 8.56. The molecule has 2 aromatic carbocycles. The number of hydrogen-bond acceptors (Lipinski definition) is 1. The molecule has 0 aliphatic heterocycles. The van der Waals surface area contributed by atoms with Gasteiger partial charge in [0, 0.05) is 6.61 Å². The lowest BCUT2D eigenvalue weighted by atomic mass is 9.77. The summed E-state index contributed by atoms with van der Waals surface area (Å²) in [7, 11) is 0. The van der Waals surface area contributed by atoms with Crippen molar-refractivity contribution in [3.05, 3.63) is 71.8 Å². The molecule has 0 atom stereocenters. The SMILES string of the molecule is CC/C=C/CC1CCC(c2ccc(-c3ccc(COCCCC)cc3)cc2)CC1. The standard InChI is InChI=1S/C28H38O/c1-3-5-7-8-23-9-13-25(14-10-23)27-17-19-28(20-18-27)26-15-11-24(12-16-26)22-29-21-6-4-2/h5,7,11-12,15-20,23,25H,3-4,6,8-10,13-14,21-22H2,1-2H3/b7-5+. The predicted octanol–water partition coefficient (Wildman–Crippen LogP) is 8.30. The van der Waals surface area contributed by atoms with Crippen LogP contribution >= 0.6 is 0 Å². The summed E-state index contributed by atoms with van der Waals surface area (Å²) >= 11 is 0. The van der Waals surface area contributed by atoms with E-state index in [1.165, 1.54) is 60.8 Å². The maximum absolute atomic E-state index is 5.72. The first-order valence-electron chi connectivity index (χ1n) is 11.7. The molecule has 1 nitrogen and oxygen atoms in total. The molecule has 1 aliphatic rings. The van der Waals surface area contributed by atoms with Crippen LogP contribution in [-0.4, -0.2) is 6.61 Å². The van der Waals surface area contributed by atoms with Gasteiger partial charge in [0.2, 0.25) is 0 Å². The zero-order chi connectivity index (χ0) is 20.3. The molecule has 0 spiro atoms. The van der Waals surface area contributed by atoms with Gasteiger partial charge in [-0.15, -0.1) is 0 Å². The van der Waals surface area contributed by atoms with Gasteiger partial charge in [-0.05, 0) is 79.0 Å².